The fourth-order valence-electron chi connectivity index (χ4n) is 0.780. The van der Waals surface area contributed by atoms with Gasteiger partial charge in [-0.25, -0.2) is 0 Å². The average Bonchev–Trinajstić information content (AvgIpc) is 1.86. The number of aromatic nitrogens is 2. The molecule has 1 aromatic rings. The van der Waals surface area contributed by atoms with Crippen molar-refractivity contribution in [3.05, 3.63) is 18.0 Å². The van der Waals surface area contributed by atoms with Crippen LogP contribution in [0.4, 0.5) is 0 Å². The summed E-state index contributed by atoms with van der Waals surface area (Å²) in [4.78, 5) is 15.6. The molecule has 3 heteroatoms. The number of rotatable bonds is 1. The Hall–Kier alpha value is -0.121. The second-order valence-electron chi connectivity index (χ2n) is 3.83. The molecular weight excluding hydrogens is 243 g/mol. The van der Waals surface area contributed by atoms with Crippen LogP contribution in [0, 0.1) is 6.92 Å². The van der Waals surface area contributed by atoms with E-state index in [-0.39, 0.29) is 0 Å². The normalized spacial score (nSPS) is 11.6. The van der Waals surface area contributed by atoms with Crippen molar-refractivity contribution in [2.24, 2.45) is 0 Å². The van der Waals surface area contributed by atoms with Gasteiger partial charge in [0, 0.05) is 0 Å². The van der Waals surface area contributed by atoms with E-state index in [0.717, 1.165) is 9.40 Å². The third-order valence-corrected chi connectivity index (χ3v) is 6.02. The van der Waals surface area contributed by atoms with Gasteiger partial charge >= 0.3 is 71.9 Å². The van der Waals surface area contributed by atoms with E-state index < -0.39 is 18.4 Å². The van der Waals surface area contributed by atoms with Crippen molar-refractivity contribution in [3.8, 4) is 0 Å². The van der Waals surface area contributed by atoms with Crippen LogP contribution in [-0.2, 0) is 0 Å². The van der Waals surface area contributed by atoms with Crippen LogP contribution in [0.3, 0.4) is 0 Å². The Labute approximate surface area is 71.9 Å². The van der Waals surface area contributed by atoms with Gasteiger partial charge in [-0.15, -0.1) is 0 Å². The third-order valence-electron chi connectivity index (χ3n) is 1.45. The quantitative estimate of drug-likeness (QED) is 0.709. The summed E-state index contributed by atoms with van der Waals surface area (Å²) < 4.78 is 1.12. The van der Waals surface area contributed by atoms with Gasteiger partial charge < -0.3 is 0 Å². The van der Waals surface area contributed by atoms with E-state index in [2.05, 4.69) is 24.8 Å². The standard InChI is InChI=1S/C5H5N2.3CH3.Sn/c1-5-2-6-4-7-3-5;;;;/h2-3H,1H3;3*1H3;. The maximum atomic E-state index is 4.33. The molecule has 0 unspecified atom stereocenters. The van der Waals surface area contributed by atoms with E-state index in [9.17, 15) is 0 Å². The summed E-state index contributed by atoms with van der Waals surface area (Å²) in [5.41, 5.74) is 1.14. The SMILES string of the molecule is Cc1cn[c]([Sn]([CH3])([CH3])[CH3])nc1. The van der Waals surface area contributed by atoms with Crippen LogP contribution in [0.1, 0.15) is 5.56 Å². The summed E-state index contributed by atoms with van der Waals surface area (Å²) in [7, 11) is 0. The molecule has 60 valence electrons. The van der Waals surface area contributed by atoms with Gasteiger partial charge in [-0.05, 0) is 0 Å². The molecule has 0 saturated carbocycles. The Bertz CT molecular complexity index is 235. The fraction of sp³-hybridized carbons (Fsp3) is 0.500. The first kappa shape index (κ1) is 8.97. The van der Waals surface area contributed by atoms with E-state index in [1.165, 1.54) is 0 Å². The second kappa shape index (κ2) is 3.09. The molecule has 0 bridgehead atoms. The van der Waals surface area contributed by atoms with Gasteiger partial charge in [-0.2, -0.15) is 0 Å². The number of hydrogen-bond acceptors (Lipinski definition) is 2. The molecule has 0 aliphatic heterocycles. The minimum absolute atomic E-state index is 1.12. The summed E-state index contributed by atoms with van der Waals surface area (Å²) in [6.07, 6.45) is 3.81. The van der Waals surface area contributed by atoms with Crippen LogP contribution in [0.15, 0.2) is 12.4 Å². The summed E-state index contributed by atoms with van der Waals surface area (Å²) in [6.45, 7) is 2.02. The van der Waals surface area contributed by atoms with E-state index >= 15 is 0 Å². The zero-order valence-electron chi connectivity index (χ0n) is 7.55. The molecule has 0 aromatic carbocycles. The monoisotopic (exact) mass is 258 g/mol. The Morgan fingerprint density at radius 3 is 1.91 bits per heavy atom. The van der Waals surface area contributed by atoms with Crippen molar-refractivity contribution in [2.45, 2.75) is 21.7 Å². The summed E-state index contributed by atoms with van der Waals surface area (Å²) in [5, 5.41) is 0. The predicted octanol–water partition coefficient (Wildman–Crippen LogP) is 1.33. The van der Waals surface area contributed by atoms with Gasteiger partial charge in [0.1, 0.15) is 0 Å². The van der Waals surface area contributed by atoms with Crippen molar-refractivity contribution in [1.82, 2.24) is 9.97 Å². The summed E-state index contributed by atoms with van der Waals surface area (Å²) >= 11 is -1.97. The van der Waals surface area contributed by atoms with Crippen LogP contribution in [0.25, 0.3) is 0 Å². The topological polar surface area (TPSA) is 25.8 Å². The third kappa shape index (κ3) is 2.43. The molecule has 0 N–H and O–H groups in total. The van der Waals surface area contributed by atoms with E-state index in [0.29, 0.717) is 0 Å². The average molecular weight is 257 g/mol. The Balaban J connectivity index is 2.99. The molecule has 0 aliphatic rings. The van der Waals surface area contributed by atoms with Gasteiger partial charge in [-0.3, -0.25) is 0 Å². The van der Waals surface area contributed by atoms with E-state index in [1.54, 1.807) is 0 Å². The molecule has 0 radical (unpaired) electrons. The van der Waals surface area contributed by atoms with Gasteiger partial charge in [0.15, 0.2) is 0 Å². The number of hydrogen-bond donors (Lipinski definition) is 0. The number of nitrogens with zero attached hydrogens (tertiary/aromatic N) is 2. The second-order valence-corrected chi connectivity index (χ2v) is 18.0. The van der Waals surface area contributed by atoms with Crippen LogP contribution in [0.2, 0.25) is 14.8 Å². The molecule has 0 fully saturated rings. The molecule has 11 heavy (non-hydrogen) atoms. The van der Waals surface area contributed by atoms with Gasteiger partial charge in [0.05, 0.1) is 0 Å². The zero-order chi connectivity index (χ0) is 8.48. The first-order valence-electron chi connectivity index (χ1n) is 3.79. The maximum absolute atomic E-state index is 4.33. The molecule has 1 rings (SSSR count). The van der Waals surface area contributed by atoms with Crippen LogP contribution in [-0.4, -0.2) is 28.3 Å². The van der Waals surface area contributed by atoms with Crippen LogP contribution < -0.4 is 3.84 Å². The van der Waals surface area contributed by atoms with Crippen molar-refractivity contribution in [3.63, 3.8) is 0 Å². The van der Waals surface area contributed by atoms with Crippen LogP contribution in [0.5, 0.6) is 0 Å². The molecule has 1 aromatic heterocycles. The minimum atomic E-state index is -1.97. The molecule has 0 saturated heterocycles. The molecule has 0 amide bonds. The fourth-order valence-corrected chi connectivity index (χ4v) is 3.36. The van der Waals surface area contributed by atoms with Gasteiger partial charge in [-0.1, -0.05) is 0 Å². The molecule has 0 spiro atoms. The van der Waals surface area contributed by atoms with Crippen LogP contribution >= 0.6 is 0 Å². The molecule has 0 aliphatic carbocycles. The molecule has 2 nitrogen and oxygen atoms in total. The van der Waals surface area contributed by atoms with Crippen molar-refractivity contribution in [2.75, 3.05) is 0 Å². The summed E-state index contributed by atoms with van der Waals surface area (Å²) in [6, 6.07) is 0. The van der Waals surface area contributed by atoms with Gasteiger partial charge in [0.2, 0.25) is 0 Å². The van der Waals surface area contributed by atoms with Gasteiger partial charge in [0.25, 0.3) is 0 Å². The molecule has 1 heterocycles. The van der Waals surface area contributed by atoms with Crippen molar-refractivity contribution >= 4 is 22.2 Å². The van der Waals surface area contributed by atoms with E-state index in [4.69, 9.17) is 0 Å². The zero-order valence-corrected chi connectivity index (χ0v) is 10.4. The first-order valence-corrected chi connectivity index (χ1v) is 13.8. The van der Waals surface area contributed by atoms with Crippen molar-refractivity contribution in [1.29, 1.82) is 0 Å². The molecular formula is C8H14N2Sn. The van der Waals surface area contributed by atoms with E-state index in [1.807, 2.05) is 19.3 Å². The number of aryl methyl sites for hydroxylation is 1. The Kier molecular flexibility index (Phi) is 2.52. The Morgan fingerprint density at radius 2 is 1.55 bits per heavy atom. The first-order chi connectivity index (χ1) is 5.00. The summed E-state index contributed by atoms with van der Waals surface area (Å²) in [5.74, 6) is 0. The molecule has 0 atom stereocenters. The van der Waals surface area contributed by atoms with Crippen molar-refractivity contribution < 1.29 is 0 Å². The predicted molar refractivity (Wildman–Crippen MR) is 49.7 cm³/mol. The Morgan fingerprint density at radius 1 is 1.09 bits per heavy atom.